The average Bonchev–Trinajstić information content (AvgIpc) is 2.14. The van der Waals surface area contributed by atoms with E-state index in [1.54, 1.807) is 0 Å². The summed E-state index contributed by atoms with van der Waals surface area (Å²) >= 11 is 7.02. The Morgan fingerprint density at radius 1 is 1.29 bits per heavy atom. The third-order valence-corrected chi connectivity index (χ3v) is 4.34. The Kier molecular flexibility index (Phi) is 2.80. The zero-order chi connectivity index (χ0) is 10.3. The van der Waals surface area contributed by atoms with Crippen LogP contribution in [0.25, 0.3) is 0 Å². The van der Waals surface area contributed by atoms with Gasteiger partial charge in [0, 0.05) is 20.9 Å². The molecule has 1 aromatic carbocycles. The van der Waals surface area contributed by atoms with E-state index in [0.29, 0.717) is 6.42 Å². The largest absolute Gasteiger partial charge is 0.294 e. The lowest BCUT2D eigenvalue weighted by Crippen LogP contribution is -2.13. The molecule has 0 atom stereocenters. The van der Waals surface area contributed by atoms with E-state index in [1.807, 2.05) is 6.92 Å². The summed E-state index contributed by atoms with van der Waals surface area (Å²) in [6, 6.07) is 2.07. The standard InChI is InChI=1S/C11H10Br2O/c1-6-5-8(12)7-3-2-4-9(14)10(7)11(6)13/h5H,2-4H2,1H3. The number of Topliss-reactive ketones (excluding diaryl/α,β-unsaturated/α-hetero) is 1. The van der Waals surface area contributed by atoms with E-state index in [-0.39, 0.29) is 5.78 Å². The summed E-state index contributed by atoms with van der Waals surface area (Å²) in [5.74, 6) is 0.266. The fourth-order valence-corrected chi connectivity index (χ4v) is 3.19. The van der Waals surface area contributed by atoms with Crippen LogP contribution in [0.4, 0.5) is 0 Å². The van der Waals surface area contributed by atoms with Crippen LogP contribution in [-0.2, 0) is 6.42 Å². The summed E-state index contributed by atoms with van der Waals surface area (Å²) in [6.07, 6.45) is 2.65. The lowest BCUT2D eigenvalue weighted by Gasteiger charge is -2.19. The second-order valence-corrected chi connectivity index (χ2v) is 5.27. The molecule has 0 radical (unpaired) electrons. The molecule has 0 saturated heterocycles. The predicted molar refractivity (Wildman–Crippen MR) is 63.8 cm³/mol. The van der Waals surface area contributed by atoms with E-state index >= 15 is 0 Å². The van der Waals surface area contributed by atoms with Gasteiger partial charge < -0.3 is 0 Å². The van der Waals surface area contributed by atoms with E-state index in [4.69, 9.17) is 0 Å². The van der Waals surface area contributed by atoms with E-state index in [9.17, 15) is 4.79 Å². The first-order chi connectivity index (χ1) is 6.61. The normalized spacial score (nSPS) is 15.5. The molecular formula is C11H10Br2O. The molecule has 0 fully saturated rings. The Hall–Kier alpha value is -0.150. The van der Waals surface area contributed by atoms with Gasteiger partial charge in [0.1, 0.15) is 0 Å². The van der Waals surface area contributed by atoms with Crippen molar-refractivity contribution >= 4 is 37.6 Å². The van der Waals surface area contributed by atoms with E-state index in [1.165, 1.54) is 5.56 Å². The van der Waals surface area contributed by atoms with Crippen LogP contribution in [0.15, 0.2) is 15.0 Å². The molecule has 14 heavy (non-hydrogen) atoms. The molecule has 0 spiro atoms. The van der Waals surface area contributed by atoms with Gasteiger partial charge in [-0.1, -0.05) is 15.9 Å². The van der Waals surface area contributed by atoms with Crippen LogP contribution in [0, 0.1) is 6.92 Å². The maximum Gasteiger partial charge on any atom is 0.164 e. The van der Waals surface area contributed by atoms with Gasteiger partial charge >= 0.3 is 0 Å². The Bertz CT molecular complexity index is 410. The lowest BCUT2D eigenvalue weighted by molar-refractivity contribution is 0.0971. The second-order valence-electron chi connectivity index (χ2n) is 3.62. The summed E-state index contributed by atoms with van der Waals surface area (Å²) in [7, 11) is 0. The first kappa shape index (κ1) is 10.4. The molecule has 0 aromatic heterocycles. The third kappa shape index (κ3) is 1.57. The minimum Gasteiger partial charge on any atom is -0.294 e. The highest BCUT2D eigenvalue weighted by atomic mass is 79.9. The molecule has 0 heterocycles. The molecule has 1 aliphatic rings. The molecule has 0 unspecified atom stereocenters. The molecular weight excluding hydrogens is 308 g/mol. The fraction of sp³-hybridized carbons (Fsp3) is 0.364. The summed E-state index contributed by atoms with van der Waals surface area (Å²) in [4.78, 5) is 11.8. The number of halogens is 2. The van der Waals surface area contributed by atoms with Crippen LogP contribution in [0.1, 0.15) is 34.3 Å². The van der Waals surface area contributed by atoms with Crippen molar-refractivity contribution in [3.63, 3.8) is 0 Å². The first-order valence-corrected chi connectivity index (χ1v) is 6.20. The highest BCUT2D eigenvalue weighted by Crippen LogP contribution is 2.35. The van der Waals surface area contributed by atoms with Gasteiger partial charge in [0.2, 0.25) is 0 Å². The van der Waals surface area contributed by atoms with Crippen LogP contribution in [-0.4, -0.2) is 5.78 Å². The van der Waals surface area contributed by atoms with Crippen molar-refractivity contribution in [1.29, 1.82) is 0 Å². The van der Waals surface area contributed by atoms with Crippen LogP contribution in [0.5, 0.6) is 0 Å². The monoisotopic (exact) mass is 316 g/mol. The molecule has 74 valence electrons. The molecule has 0 aliphatic heterocycles. The summed E-state index contributed by atoms with van der Waals surface area (Å²) in [6.45, 7) is 2.01. The number of benzene rings is 1. The van der Waals surface area contributed by atoms with Gasteiger partial charge in [-0.3, -0.25) is 4.79 Å². The highest BCUT2D eigenvalue weighted by molar-refractivity contribution is 9.11. The van der Waals surface area contributed by atoms with Crippen molar-refractivity contribution < 1.29 is 4.79 Å². The molecule has 0 bridgehead atoms. The second kappa shape index (κ2) is 3.78. The van der Waals surface area contributed by atoms with Gasteiger partial charge in [-0.05, 0) is 52.9 Å². The van der Waals surface area contributed by atoms with Gasteiger partial charge in [-0.2, -0.15) is 0 Å². The molecule has 1 nitrogen and oxygen atoms in total. The number of fused-ring (bicyclic) bond motifs is 1. The van der Waals surface area contributed by atoms with E-state index in [2.05, 4.69) is 37.9 Å². The van der Waals surface area contributed by atoms with Crippen molar-refractivity contribution in [2.24, 2.45) is 0 Å². The number of carbonyl (C=O) groups excluding carboxylic acids is 1. The third-order valence-electron chi connectivity index (χ3n) is 2.61. The molecule has 1 aliphatic carbocycles. The van der Waals surface area contributed by atoms with Gasteiger partial charge in [-0.25, -0.2) is 0 Å². The van der Waals surface area contributed by atoms with Crippen molar-refractivity contribution in [3.8, 4) is 0 Å². The zero-order valence-electron chi connectivity index (χ0n) is 7.86. The average molecular weight is 318 g/mol. The lowest BCUT2D eigenvalue weighted by atomic mass is 9.89. The zero-order valence-corrected chi connectivity index (χ0v) is 11.0. The number of ketones is 1. The predicted octanol–water partition coefficient (Wildman–Crippen LogP) is 4.04. The number of rotatable bonds is 0. The Morgan fingerprint density at radius 3 is 2.71 bits per heavy atom. The quantitative estimate of drug-likeness (QED) is 0.706. The smallest absolute Gasteiger partial charge is 0.164 e. The van der Waals surface area contributed by atoms with Crippen LogP contribution >= 0.6 is 31.9 Å². The van der Waals surface area contributed by atoms with Crippen LogP contribution < -0.4 is 0 Å². The molecule has 3 heteroatoms. The molecule has 1 aromatic rings. The summed E-state index contributed by atoms with van der Waals surface area (Å²) < 4.78 is 2.04. The van der Waals surface area contributed by atoms with E-state index in [0.717, 1.165) is 32.9 Å². The Labute approximate surface area is 100 Å². The SMILES string of the molecule is Cc1cc(Br)c2c(c1Br)C(=O)CCC2. The minimum atomic E-state index is 0.266. The van der Waals surface area contributed by atoms with Crippen molar-refractivity contribution in [1.82, 2.24) is 0 Å². The van der Waals surface area contributed by atoms with Crippen LogP contribution in [0.2, 0.25) is 0 Å². The topological polar surface area (TPSA) is 17.1 Å². The van der Waals surface area contributed by atoms with E-state index < -0.39 is 0 Å². The van der Waals surface area contributed by atoms with Gasteiger partial charge in [0.15, 0.2) is 5.78 Å². The van der Waals surface area contributed by atoms with Gasteiger partial charge in [0.05, 0.1) is 0 Å². The highest BCUT2D eigenvalue weighted by Gasteiger charge is 2.23. The number of carbonyl (C=O) groups is 1. The molecule has 2 rings (SSSR count). The van der Waals surface area contributed by atoms with Crippen LogP contribution in [0.3, 0.4) is 0 Å². The minimum absolute atomic E-state index is 0.266. The summed E-state index contributed by atoms with van der Waals surface area (Å²) in [5.41, 5.74) is 3.17. The molecule has 0 N–H and O–H groups in total. The summed E-state index contributed by atoms with van der Waals surface area (Å²) in [5, 5.41) is 0. The van der Waals surface area contributed by atoms with Crippen molar-refractivity contribution in [3.05, 3.63) is 31.7 Å². The number of aryl methyl sites for hydroxylation is 1. The van der Waals surface area contributed by atoms with Gasteiger partial charge in [-0.15, -0.1) is 0 Å². The van der Waals surface area contributed by atoms with Gasteiger partial charge in [0.25, 0.3) is 0 Å². The van der Waals surface area contributed by atoms with Crippen molar-refractivity contribution in [2.75, 3.05) is 0 Å². The number of hydrogen-bond acceptors (Lipinski definition) is 1. The maximum atomic E-state index is 11.8. The fourth-order valence-electron chi connectivity index (χ4n) is 1.88. The first-order valence-electron chi connectivity index (χ1n) is 4.62. The molecule has 0 amide bonds. The number of hydrogen-bond donors (Lipinski definition) is 0. The maximum absolute atomic E-state index is 11.8. The molecule has 0 saturated carbocycles. The Morgan fingerprint density at radius 2 is 2.00 bits per heavy atom. The Balaban J connectivity index is 2.73. The van der Waals surface area contributed by atoms with Crippen molar-refractivity contribution in [2.45, 2.75) is 26.2 Å².